The van der Waals surface area contributed by atoms with E-state index >= 15 is 0 Å². The van der Waals surface area contributed by atoms with Crippen molar-refractivity contribution in [3.63, 3.8) is 0 Å². The van der Waals surface area contributed by atoms with E-state index in [2.05, 4.69) is 78.9 Å². The van der Waals surface area contributed by atoms with Crippen LogP contribution in [-0.2, 0) is 18.4 Å². The highest BCUT2D eigenvalue weighted by Crippen LogP contribution is 2.44. The van der Waals surface area contributed by atoms with Gasteiger partial charge >= 0.3 is 0 Å². The Balaban J connectivity index is 1.67. The van der Waals surface area contributed by atoms with Gasteiger partial charge in [-0.15, -0.1) is 0 Å². The van der Waals surface area contributed by atoms with Crippen molar-refractivity contribution in [3.05, 3.63) is 113 Å². The van der Waals surface area contributed by atoms with Gasteiger partial charge in [0.05, 0.1) is 12.0 Å². The Labute approximate surface area is 165 Å². The smallest absolute Gasteiger partial charge is 0.130 e. The molecule has 0 amide bonds. The van der Waals surface area contributed by atoms with Crippen molar-refractivity contribution in [2.45, 2.75) is 18.4 Å². The van der Waals surface area contributed by atoms with Crippen molar-refractivity contribution < 1.29 is 9.84 Å². The van der Waals surface area contributed by atoms with E-state index < -0.39 is 0 Å². The van der Waals surface area contributed by atoms with Gasteiger partial charge in [-0.1, -0.05) is 84.9 Å². The van der Waals surface area contributed by atoms with E-state index in [1.54, 1.807) is 0 Å². The predicted octanol–water partition coefficient (Wildman–Crippen LogP) is 5.25. The minimum atomic E-state index is -0.200. The molecular formula is C26H22O2. The molecule has 0 radical (unpaired) electrons. The highest BCUT2D eigenvalue weighted by atomic mass is 16.5. The summed E-state index contributed by atoms with van der Waals surface area (Å²) in [5, 5.41) is 11.6. The van der Waals surface area contributed by atoms with E-state index in [4.69, 9.17) is 4.74 Å². The van der Waals surface area contributed by atoms with Crippen molar-refractivity contribution in [2.24, 2.45) is 0 Å². The quantitative estimate of drug-likeness (QED) is 0.536. The first-order valence-electron chi connectivity index (χ1n) is 9.69. The van der Waals surface area contributed by atoms with Gasteiger partial charge in [0.15, 0.2) is 0 Å². The first-order valence-corrected chi connectivity index (χ1v) is 9.69. The third-order valence-electron chi connectivity index (χ3n) is 5.91. The number of aliphatic hydroxyl groups excluding tert-OH is 1. The van der Waals surface area contributed by atoms with Crippen molar-refractivity contribution in [2.75, 3.05) is 6.61 Å². The Bertz CT molecular complexity index is 1080. The molecule has 2 nitrogen and oxygen atoms in total. The summed E-state index contributed by atoms with van der Waals surface area (Å²) in [5.41, 5.74) is 4.51. The van der Waals surface area contributed by atoms with E-state index in [1.165, 1.54) is 16.7 Å². The van der Waals surface area contributed by atoms with Gasteiger partial charge in [0.1, 0.15) is 12.4 Å². The summed E-state index contributed by atoms with van der Waals surface area (Å²) in [6.45, 7) is 0.661. The van der Waals surface area contributed by atoms with Crippen LogP contribution in [0.4, 0.5) is 0 Å². The SMILES string of the molecule is OCc1ccc2c3c(ccc2c1)CC(c1ccccc1)(c1ccccc1)CO3. The van der Waals surface area contributed by atoms with Gasteiger partial charge < -0.3 is 9.84 Å². The fourth-order valence-corrected chi connectivity index (χ4v) is 4.43. The molecule has 1 N–H and O–H groups in total. The summed E-state index contributed by atoms with van der Waals surface area (Å²) in [6, 6.07) is 31.8. The van der Waals surface area contributed by atoms with E-state index in [9.17, 15) is 5.11 Å². The number of ether oxygens (including phenoxy) is 1. The maximum Gasteiger partial charge on any atom is 0.130 e. The summed E-state index contributed by atoms with van der Waals surface area (Å²) in [5.74, 6) is 0.976. The Morgan fingerprint density at radius 2 is 1.46 bits per heavy atom. The van der Waals surface area contributed by atoms with Crippen LogP contribution < -0.4 is 4.74 Å². The summed E-state index contributed by atoms with van der Waals surface area (Å²) in [6.07, 6.45) is 0.897. The zero-order chi connectivity index (χ0) is 19.0. The lowest BCUT2D eigenvalue weighted by atomic mass is 9.69. The largest absolute Gasteiger partial charge is 0.491 e. The van der Waals surface area contributed by atoms with E-state index in [-0.39, 0.29) is 12.0 Å². The summed E-state index contributed by atoms with van der Waals surface area (Å²) >= 11 is 0. The Kier molecular flexibility index (Phi) is 4.14. The Morgan fingerprint density at radius 1 is 0.786 bits per heavy atom. The van der Waals surface area contributed by atoms with Crippen LogP contribution in [0.1, 0.15) is 22.3 Å². The second-order valence-corrected chi connectivity index (χ2v) is 7.55. The zero-order valence-corrected chi connectivity index (χ0v) is 15.6. The van der Waals surface area contributed by atoms with Crippen molar-refractivity contribution in [1.29, 1.82) is 0 Å². The number of hydrogen-bond donors (Lipinski definition) is 1. The van der Waals surface area contributed by atoms with Crippen molar-refractivity contribution in [3.8, 4) is 5.75 Å². The number of aliphatic hydroxyl groups is 1. The van der Waals surface area contributed by atoms with Gasteiger partial charge in [-0.3, -0.25) is 0 Å². The van der Waals surface area contributed by atoms with Crippen LogP contribution in [0.25, 0.3) is 10.8 Å². The summed E-state index contributed by atoms with van der Waals surface area (Å²) in [4.78, 5) is 0. The molecule has 0 saturated carbocycles. The van der Waals surface area contributed by atoms with Gasteiger partial charge in [0.25, 0.3) is 0 Å². The fourth-order valence-electron chi connectivity index (χ4n) is 4.43. The molecule has 0 spiro atoms. The van der Waals surface area contributed by atoms with Gasteiger partial charge in [0, 0.05) is 5.39 Å². The summed E-state index contributed by atoms with van der Waals surface area (Å²) in [7, 11) is 0. The third kappa shape index (κ3) is 2.69. The molecule has 1 heterocycles. The van der Waals surface area contributed by atoms with Crippen molar-refractivity contribution >= 4 is 10.8 Å². The van der Waals surface area contributed by atoms with Crippen LogP contribution >= 0.6 is 0 Å². The number of fused-ring (bicyclic) bond motifs is 3. The van der Waals surface area contributed by atoms with Gasteiger partial charge in [-0.05, 0) is 40.1 Å². The van der Waals surface area contributed by atoms with Crippen LogP contribution in [0.2, 0.25) is 0 Å². The highest BCUT2D eigenvalue weighted by Gasteiger charge is 2.39. The summed E-state index contributed by atoms with van der Waals surface area (Å²) < 4.78 is 6.47. The molecule has 4 aromatic rings. The lowest BCUT2D eigenvalue weighted by Gasteiger charge is -2.39. The lowest BCUT2D eigenvalue weighted by Crippen LogP contribution is -2.40. The minimum absolute atomic E-state index is 0.0546. The zero-order valence-electron chi connectivity index (χ0n) is 15.6. The molecule has 0 atom stereocenters. The maximum atomic E-state index is 9.42. The van der Waals surface area contributed by atoms with Crippen LogP contribution in [0.5, 0.6) is 5.75 Å². The molecule has 0 aliphatic carbocycles. The molecule has 5 rings (SSSR count). The van der Waals surface area contributed by atoms with Gasteiger partial charge in [-0.2, -0.15) is 0 Å². The van der Waals surface area contributed by atoms with Crippen molar-refractivity contribution in [1.82, 2.24) is 0 Å². The topological polar surface area (TPSA) is 29.5 Å². The Hall–Kier alpha value is -3.10. The standard InChI is InChI=1S/C26H22O2/c27-17-19-11-14-24-20(15-19)12-13-21-16-26(18-28-25(21)24,22-7-3-1-4-8-22)23-9-5-2-6-10-23/h1-15,27H,16-18H2. The Morgan fingerprint density at radius 3 is 2.11 bits per heavy atom. The molecule has 1 aliphatic heterocycles. The normalized spacial score (nSPS) is 15.0. The second kappa shape index (κ2) is 6.81. The minimum Gasteiger partial charge on any atom is -0.491 e. The van der Waals surface area contributed by atoms with Gasteiger partial charge in [0.2, 0.25) is 0 Å². The average Bonchev–Trinajstić information content (AvgIpc) is 2.79. The first-order chi connectivity index (χ1) is 13.8. The molecule has 28 heavy (non-hydrogen) atoms. The molecule has 0 unspecified atom stereocenters. The highest BCUT2D eigenvalue weighted by molar-refractivity contribution is 5.90. The molecule has 0 aromatic heterocycles. The van der Waals surface area contributed by atoms with Crippen LogP contribution in [-0.4, -0.2) is 11.7 Å². The number of rotatable bonds is 3. The molecule has 1 aliphatic rings. The van der Waals surface area contributed by atoms with Crippen LogP contribution in [0.3, 0.4) is 0 Å². The molecule has 0 fully saturated rings. The maximum absolute atomic E-state index is 9.42. The molecule has 0 saturated heterocycles. The lowest BCUT2D eigenvalue weighted by molar-refractivity contribution is 0.217. The fraction of sp³-hybridized carbons (Fsp3) is 0.154. The van der Waals surface area contributed by atoms with Gasteiger partial charge in [-0.25, -0.2) is 0 Å². The molecule has 0 bridgehead atoms. The number of benzene rings is 4. The molecule has 2 heteroatoms. The predicted molar refractivity (Wildman–Crippen MR) is 113 cm³/mol. The van der Waals surface area contributed by atoms with E-state index in [0.29, 0.717) is 6.61 Å². The number of hydrogen-bond acceptors (Lipinski definition) is 2. The monoisotopic (exact) mass is 366 g/mol. The molecule has 138 valence electrons. The average molecular weight is 366 g/mol. The van der Waals surface area contributed by atoms with E-state index in [1.807, 2.05) is 12.1 Å². The third-order valence-corrected chi connectivity index (χ3v) is 5.91. The van der Waals surface area contributed by atoms with E-state index in [0.717, 1.165) is 28.5 Å². The van der Waals surface area contributed by atoms with Crippen LogP contribution in [0, 0.1) is 0 Å². The van der Waals surface area contributed by atoms with Crippen LogP contribution in [0.15, 0.2) is 91.0 Å². The second-order valence-electron chi connectivity index (χ2n) is 7.55. The molecule has 4 aromatic carbocycles. The first kappa shape index (κ1) is 17.0. The molecular weight excluding hydrogens is 344 g/mol.